The molecule has 12 nitrogen and oxygen atoms in total. The highest BCUT2D eigenvalue weighted by Crippen LogP contribution is 2.37. The molecule has 0 fully saturated rings. The van der Waals surface area contributed by atoms with Crippen LogP contribution in [0, 0.1) is 0 Å². The molecule has 9 N–H and O–H groups in total. The van der Waals surface area contributed by atoms with Crippen molar-refractivity contribution in [3.8, 4) is 5.75 Å². The second-order valence-corrected chi connectivity index (χ2v) is 9.14. The molecule has 14 heteroatoms. The molecule has 3 rings (SSSR count). The van der Waals surface area contributed by atoms with E-state index < -0.39 is 47.4 Å². The highest BCUT2D eigenvalue weighted by Gasteiger charge is 2.20. The standard InChI is InChI=1S/C10H9NO7S2.C8H10N2O2/c11-9-8(20(16,17)18)4-5-3-6(19(13,14)15)1-2-7(5)10(9)12;1-10-5-2-3-7(9)6(4-5)8(11)12/h1-4,12H,11H2,(H,13,14,15)(H,16,17,18);2-4,10H,9H2,1H3,(H,11,12). The van der Waals surface area contributed by atoms with Crippen LogP contribution < -0.4 is 16.8 Å². The Labute approximate surface area is 182 Å². The van der Waals surface area contributed by atoms with Gasteiger partial charge in [-0.2, -0.15) is 16.8 Å². The number of hydrogen-bond donors (Lipinski definition) is 7. The Morgan fingerprint density at radius 2 is 1.56 bits per heavy atom. The molecule has 0 aromatic heterocycles. The van der Waals surface area contributed by atoms with Gasteiger partial charge >= 0.3 is 5.97 Å². The van der Waals surface area contributed by atoms with E-state index in [1.165, 1.54) is 6.07 Å². The van der Waals surface area contributed by atoms with Gasteiger partial charge in [-0.1, -0.05) is 0 Å². The first kappa shape index (κ1) is 24.7. The number of anilines is 3. The van der Waals surface area contributed by atoms with Crippen LogP contribution in [0.3, 0.4) is 0 Å². The first-order chi connectivity index (χ1) is 14.7. The molecule has 3 aromatic carbocycles. The fourth-order valence-corrected chi connectivity index (χ4v) is 3.79. The van der Waals surface area contributed by atoms with Gasteiger partial charge in [-0.25, -0.2) is 4.79 Å². The normalized spacial score (nSPS) is 11.5. The smallest absolute Gasteiger partial charge is 0.337 e. The molecule has 0 unspecified atom stereocenters. The summed E-state index contributed by atoms with van der Waals surface area (Å²) >= 11 is 0. The number of rotatable bonds is 4. The molecular formula is C18H19N3O9S2. The molecule has 3 aromatic rings. The lowest BCUT2D eigenvalue weighted by atomic mass is 10.1. The number of hydrogen-bond acceptors (Lipinski definition) is 9. The Hall–Kier alpha value is -3.59. The van der Waals surface area contributed by atoms with Crippen molar-refractivity contribution < 1.29 is 40.9 Å². The Kier molecular flexibility index (Phi) is 6.84. The highest BCUT2D eigenvalue weighted by atomic mass is 32.2. The lowest BCUT2D eigenvalue weighted by molar-refractivity contribution is 0.0698. The molecule has 0 radical (unpaired) electrons. The molecule has 0 aliphatic heterocycles. The van der Waals surface area contributed by atoms with Gasteiger partial charge in [-0.15, -0.1) is 0 Å². The third-order valence-corrected chi connectivity index (χ3v) is 5.98. The Balaban J connectivity index is 0.000000258. The van der Waals surface area contributed by atoms with E-state index in [0.29, 0.717) is 0 Å². The van der Waals surface area contributed by atoms with Crippen molar-refractivity contribution in [1.82, 2.24) is 0 Å². The summed E-state index contributed by atoms with van der Waals surface area (Å²) in [5.74, 6) is -1.62. The second-order valence-electron chi connectivity index (χ2n) is 6.33. The van der Waals surface area contributed by atoms with E-state index in [2.05, 4.69) is 5.32 Å². The van der Waals surface area contributed by atoms with Gasteiger partial charge in [-0.3, -0.25) is 9.11 Å². The van der Waals surface area contributed by atoms with Crippen LogP contribution in [0.25, 0.3) is 10.8 Å². The van der Waals surface area contributed by atoms with E-state index in [1.807, 2.05) is 0 Å². The fourth-order valence-electron chi connectivity index (χ4n) is 2.63. The van der Waals surface area contributed by atoms with Crippen LogP contribution in [-0.2, 0) is 20.2 Å². The maximum atomic E-state index is 11.1. The van der Waals surface area contributed by atoms with Gasteiger partial charge in [0.2, 0.25) is 0 Å². The Morgan fingerprint density at radius 1 is 0.938 bits per heavy atom. The van der Waals surface area contributed by atoms with E-state index in [-0.39, 0.29) is 22.0 Å². The molecule has 0 bridgehead atoms. The van der Waals surface area contributed by atoms with Crippen LogP contribution in [0.15, 0.2) is 52.3 Å². The van der Waals surface area contributed by atoms with Crippen molar-refractivity contribution in [2.24, 2.45) is 0 Å². The number of phenolic OH excluding ortho intramolecular Hbond substituents is 1. The minimum absolute atomic E-state index is 0.0283. The van der Waals surface area contributed by atoms with Crippen molar-refractivity contribution in [2.75, 3.05) is 23.8 Å². The first-order valence-corrected chi connectivity index (χ1v) is 11.4. The molecule has 0 saturated heterocycles. The number of carboxylic acid groups (broad SMARTS) is 1. The van der Waals surface area contributed by atoms with E-state index in [9.17, 15) is 26.7 Å². The van der Waals surface area contributed by atoms with Crippen molar-refractivity contribution >= 4 is 54.0 Å². The number of aromatic hydroxyl groups is 1. The van der Waals surface area contributed by atoms with Gasteiger partial charge in [0.15, 0.2) is 0 Å². The Morgan fingerprint density at radius 3 is 2.06 bits per heavy atom. The van der Waals surface area contributed by atoms with Crippen molar-refractivity contribution in [3.05, 3.63) is 48.0 Å². The van der Waals surface area contributed by atoms with Crippen LogP contribution in [0.1, 0.15) is 10.4 Å². The average Bonchev–Trinajstić information content (AvgIpc) is 2.69. The molecule has 172 valence electrons. The van der Waals surface area contributed by atoms with Gasteiger partial charge in [0.25, 0.3) is 20.2 Å². The molecule has 0 saturated carbocycles. The summed E-state index contributed by atoms with van der Waals surface area (Å²) in [5.41, 5.74) is 11.4. The minimum Gasteiger partial charge on any atom is -0.505 e. The average molecular weight is 485 g/mol. The molecular weight excluding hydrogens is 466 g/mol. The number of benzene rings is 3. The Bertz CT molecular complexity index is 1420. The lowest BCUT2D eigenvalue weighted by Crippen LogP contribution is -2.04. The second kappa shape index (κ2) is 8.88. The van der Waals surface area contributed by atoms with Crippen LogP contribution in [0.4, 0.5) is 17.1 Å². The van der Waals surface area contributed by atoms with Gasteiger partial charge < -0.3 is 27.0 Å². The molecule has 0 aliphatic rings. The van der Waals surface area contributed by atoms with E-state index in [4.69, 9.17) is 25.7 Å². The van der Waals surface area contributed by atoms with Crippen molar-refractivity contribution in [2.45, 2.75) is 9.79 Å². The molecule has 0 aliphatic carbocycles. The van der Waals surface area contributed by atoms with E-state index in [0.717, 1.165) is 30.0 Å². The van der Waals surface area contributed by atoms with Gasteiger partial charge in [-0.05, 0) is 47.9 Å². The largest absolute Gasteiger partial charge is 0.505 e. The molecule has 0 spiro atoms. The van der Waals surface area contributed by atoms with Gasteiger partial charge in [0.05, 0.1) is 16.1 Å². The number of aromatic carboxylic acids is 1. The van der Waals surface area contributed by atoms with Crippen molar-refractivity contribution in [1.29, 1.82) is 0 Å². The number of nitrogens with one attached hydrogen (secondary N) is 1. The predicted octanol–water partition coefficient (Wildman–Crippen LogP) is 1.63. The SMILES string of the molecule is CNc1ccc(N)c(C(=O)O)c1.Nc1c(S(=O)(=O)O)cc2cc(S(=O)(=O)O)ccc2c1O. The lowest BCUT2D eigenvalue weighted by Gasteiger charge is -2.09. The minimum atomic E-state index is -4.69. The first-order valence-electron chi connectivity index (χ1n) is 8.47. The molecule has 0 heterocycles. The monoisotopic (exact) mass is 485 g/mol. The predicted molar refractivity (Wildman–Crippen MR) is 117 cm³/mol. The summed E-state index contributed by atoms with van der Waals surface area (Å²) in [4.78, 5) is 9.34. The zero-order valence-corrected chi connectivity index (χ0v) is 18.0. The number of fused-ring (bicyclic) bond motifs is 1. The number of nitrogen functional groups attached to an aromatic ring is 2. The van der Waals surface area contributed by atoms with Crippen molar-refractivity contribution in [3.63, 3.8) is 0 Å². The zero-order chi connectivity index (χ0) is 24.4. The molecule has 0 amide bonds. The van der Waals surface area contributed by atoms with Crippen LogP contribution >= 0.6 is 0 Å². The number of phenols is 1. The van der Waals surface area contributed by atoms with E-state index in [1.54, 1.807) is 19.2 Å². The highest BCUT2D eigenvalue weighted by molar-refractivity contribution is 7.86. The topological polar surface area (TPSA) is 230 Å². The van der Waals surface area contributed by atoms with Crippen LogP contribution in [0.5, 0.6) is 5.75 Å². The summed E-state index contributed by atoms with van der Waals surface area (Å²) in [6, 6.07) is 8.80. The van der Waals surface area contributed by atoms with Crippen LogP contribution in [-0.4, -0.2) is 49.2 Å². The van der Waals surface area contributed by atoms with E-state index >= 15 is 0 Å². The third-order valence-electron chi connectivity index (χ3n) is 4.23. The summed E-state index contributed by atoms with van der Waals surface area (Å²) in [6.07, 6.45) is 0. The molecule has 32 heavy (non-hydrogen) atoms. The maximum Gasteiger partial charge on any atom is 0.337 e. The van der Waals surface area contributed by atoms with Gasteiger partial charge in [0.1, 0.15) is 10.6 Å². The number of carbonyl (C=O) groups is 1. The number of nitrogens with two attached hydrogens (primary N) is 2. The summed E-state index contributed by atoms with van der Waals surface area (Å²) in [6.45, 7) is 0. The summed E-state index contributed by atoms with van der Waals surface area (Å²) in [7, 11) is -7.46. The van der Waals surface area contributed by atoms with Gasteiger partial charge in [0, 0.05) is 23.8 Å². The summed E-state index contributed by atoms with van der Waals surface area (Å²) in [5, 5.41) is 21.3. The number of carboxylic acids is 1. The zero-order valence-electron chi connectivity index (χ0n) is 16.3. The maximum absolute atomic E-state index is 11.1. The fraction of sp³-hybridized carbons (Fsp3) is 0.0556. The summed E-state index contributed by atoms with van der Waals surface area (Å²) < 4.78 is 62.2. The quantitative estimate of drug-likeness (QED) is 0.159. The third kappa shape index (κ3) is 5.36. The van der Waals surface area contributed by atoms with Crippen LogP contribution in [0.2, 0.25) is 0 Å². The molecule has 0 atom stereocenters.